The number of ether oxygens (including phenoxy) is 1. The van der Waals surface area contributed by atoms with Crippen LogP contribution in [0.1, 0.15) is 27.0 Å². The highest BCUT2D eigenvalue weighted by Crippen LogP contribution is 2.38. The van der Waals surface area contributed by atoms with Crippen molar-refractivity contribution in [3.8, 4) is 5.75 Å². The van der Waals surface area contributed by atoms with Crippen molar-refractivity contribution in [2.45, 2.75) is 0 Å². The van der Waals surface area contributed by atoms with Gasteiger partial charge in [0.2, 0.25) is 0 Å². The van der Waals surface area contributed by atoms with Crippen molar-refractivity contribution in [2.75, 3.05) is 0 Å². The number of aromatic hydroxyl groups is 1. The molecule has 0 unspecified atom stereocenters. The fourth-order valence-corrected chi connectivity index (χ4v) is 2.45. The Morgan fingerprint density at radius 2 is 1.82 bits per heavy atom. The Balaban J connectivity index is 1.97. The number of phenolic OH excluding ortho intramolecular Hbond substituents is 1. The number of ketones is 1. The van der Waals surface area contributed by atoms with E-state index in [0.717, 1.165) is 0 Å². The first-order valence-electron chi connectivity index (χ1n) is 6.26. The Morgan fingerprint density at radius 1 is 1.09 bits per heavy atom. The van der Waals surface area contributed by atoms with Crippen molar-refractivity contribution in [2.24, 2.45) is 0 Å². The van der Waals surface area contributed by atoms with Gasteiger partial charge in [0.25, 0.3) is 0 Å². The minimum Gasteiger partial charge on any atom is -0.507 e. The van der Waals surface area contributed by atoms with E-state index in [4.69, 9.17) is 16.7 Å². The van der Waals surface area contributed by atoms with Gasteiger partial charge in [0.1, 0.15) is 11.5 Å². The second kappa shape index (κ2) is 5.20. The van der Waals surface area contributed by atoms with Crippen LogP contribution in [0.5, 0.6) is 5.75 Å². The fourth-order valence-electron chi connectivity index (χ4n) is 2.23. The van der Waals surface area contributed by atoms with Crippen LogP contribution < -0.4 is 0 Å². The van der Waals surface area contributed by atoms with Gasteiger partial charge in [0.05, 0.1) is 10.6 Å². The molecule has 1 aliphatic rings. The lowest BCUT2D eigenvalue weighted by Crippen LogP contribution is -2.10. The highest BCUT2D eigenvalue weighted by molar-refractivity contribution is 6.35. The van der Waals surface area contributed by atoms with Crippen LogP contribution in [-0.4, -0.2) is 22.2 Å². The smallest absolute Gasteiger partial charge is 0.507 e. The molecule has 0 radical (unpaired) electrons. The van der Waals surface area contributed by atoms with E-state index in [0.29, 0.717) is 16.1 Å². The molecular formula is C16H9ClO5. The minimum atomic E-state index is -1.44. The van der Waals surface area contributed by atoms with E-state index in [9.17, 15) is 14.7 Å². The van der Waals surface area contributed by atoms with Crippen LogP contribution >= 0.6 is 11.6 Å². The standard InChI is InChI=1S/C16H9ClO5/c17-12-4-2-1-3-9(12)15(19)11-5-8-6-14(22-16(20)21)10(8)7-13(11)18/h1-7,18H,(H,20,21). The Morgan fingerprint density at radius 3 is 2.50 bits per heavy atom. The summed E-state index contributed by atoms with van der Waals surface area (Å²) in [5.41, 5.74) is 1.43. The third-order valence-electron chi connectivity index (χ3n) is 3.28. The maximum atomic E-state index is 12.4. The summed E-state index contributed by atoms with van der Waals surface area (Å²) in [6.07, 6.45) is 0.0410. The van der Waals surface area contributed by atoms with Gasteiger partial charge in [-0.05, 0) is 35.9 Å². The number of rotatable bonds is 3. The summed E-state index contributed by atoms with van der Waals surface area (Å²) in [5, 5.41) is 18.9. The highest BCUT2D eigenvalue weighted by Gasteiger charge is 2.25. The van der Waals surface area contributed by atoms with Crippen LogP contribution in [0.25, 0.3) is 11.8 Å². The van der Waals surface area contributed by atoms with E-state index in [1.54, 1.807) is 24.3 Å². The predicted octanol–water partition coefficient (Wildman–Crippen LogP) is 3.78. The number of hydrogen-bond acceptors (Lipinski definition) is 4. The molecule has 0 saturated carbocycles. The summed E-state index contributed by atoms with van der Waals surface area (Å²) in [5.74, 6) is -0.537. The average molecular weight is 317 g/mol. The lowest BCUT2D eigenvalue weighted by atomic mass is 9.90. The van der Waals surface area contributed by atoms with Gasteiger partial charge in [0.15, 0.2) is 5.78 Å². The normalized spacial score (nSPS) is 12.0. The van der Waals surface area contributed by atoms with Gasteiger partial charge in [-0.3, -0.25) is 4.79 Å². The van der Waals surface area contributed by atoms with Crippen LogP contribution in [-0.2, 0) is 4.74 Å². The van der Waals surface area contributed by atoms with E-state index < -0.39 is 11.9 Å². The molecule has 2 N–H and O–H groups in total. The van der Waals surface area contributed by atoms with Crippen molar-refractivity contribution in [1.29, 1.82) is 0 Å². The first-order chi connectivity index (χ1) is 10.5. The zero-order valence-corrected chi connectivity index (χ0v) is 11.8. The molecule has 1 aliphatic carbocycles. The van der Waals surface area contributed by atoms with Crippen LogP contribution in [0.2, 0.25) is 5.02 Å². The maximum Gasteiger partial charge on any atom is 0.511 e. The van der Waals surface area contributed by atoms with Crippen LogP contribution in [0.4, 0.5) is 4.79 Å². The molecule has 22 heavy (non-hydrogen) atoms. The minimum absolute atomic E-state index is 0.0949. The van der Waals surface area contributed by atoms with Gasteiger partial charge in [-0.2, -0.15) is 0 Å². The Hall–Kier alpha value is -2.79. The van der Waals surface area contributed by atoms with E-state index in [1.165, 1.54) is 18.2 Å². The quantitative estimate of drug-likeness (QED) is 0.665. The molecule has 0 fully saturated rings. The van der Waals surface area contributed by atoms with Gasteiger partial charge in [-0.1, -0.05) is 23.7 Å². The Kier molecular flexibility index (Phi) is 3.35. The Labute approximate surface area is 130 Å². The molecule has 0 aromatic heterocycles. The number of carbonyl (C=O) groups excluding carboxylic acids is 1. The predicted molar refractivity (Wildman–Crippen MR) is 80.0 cm³/mol. The molecule has 110 valence electrons. The van der Waals surface area contributed by atoms with E-state index >= 15 is 0 Å². The van der Waals surface area contributed by atoms with Crippen molar-refractivity contribution in [1.82, 2.24) is 0 Å². The number of fused-ring (bicyclic) bond motifs is 1. The molecule has 0 heterocycles. The first kappa shape index (κ1) is 14.2. The number of halogens is 1. The number of carbonyl (C=O) groups is 2. The van der Waals surface area contributed by atoms with Gasteiger partial charge in [-0.25, -0.2) is 4.79 Å². The van der Waals surface area contributed by atoms with Crippen LogP contribution in [0.3, 0.4) is 0 Å². The molecule has 0 spiro atoms. The van der Waals surface area contributed by atoms with Crippen LogP contribution in [0.15, 0.2) is 36.4 Å². The fraction of sp³-hybridized carbons (Fsp3) is 0. The summed E-state index contributed by atoms with van der Waals surface area (Å²) < 4.78 is 4.53. The number of benzene rings is 2. The van der Waals surface area contributed by atoms with E-state index in [-0.39, 0.29) is 22.6 Å². The lowest BCUT2D eigenvalue weighted by Gasteiger charge is -2.19. The van der Waals surface area contributed by atoms with Gasteiger partial charge >= 0.3 is 6.16 Å². The van der Waals surface area contributed by atoms with Crippen LogP contribution in [0, 0.1) is 0 Å². The van der Waals surface area contributed by atoms with E-state index in [1.807, 2.05) is 0 Å². The summed E-state index contributed by atoms with van der Waals surface area (Å²) in [7, 11) is 0. The van der Waals surface area contributed by atoms with Crippen molar-refractivity contribution < 1.29 is 24.5 Å². The molecule has 0 bridgehead atoms. The second-order valence-corrected chi connectivity index (χ2v) is 5.05. The zero-order chi connectivity index (χ0) is 15.9. The monoisotopic (exact) mass is 316 g/mol. The van der Waals surface area contributed by atoms with Gasteiger partial charge in [0, 0.05) is 11.1 Å². The maximum absolute atomic E-state index is 12.4. The Bertz CT molecular complexity index is 838. The molecule has 5 nitrogen and oxygen atoms in total. The van der Waals surface area contributed by atoms with Crippen molar-refractivity contribution in [3.05, 3.63) is 63.7 Å². The van der Waals surface area contributed by atoms with E-state index in [2.05, 4.69) is 4.74 Å². The number of hydrogen-bond donors (Lipinski definition) is 2. The summed E-state index contributed by atoms with van der Waals surface area (Å²) in [6.45, 7) is 0. The molecule has 6 heteroatoms. The first-order valence-corrected chi connectivity index (χ1v) is 6.64. The third kappa shape index (κ3) is 2.31. The number of phenols is 1. The van der Waals surface area contributed by atoms with Crippen molar-refractivity contribution >= 4 is 35.4 Å². The highest BCUT2D eigenvalue weighted by atomic mass is 35.5. The summed E-state index contributed by atoms with van der Waals surface area (Å²) in [6, 6.07) is 9.32. The lowest BCUT2D eigenvalue weighted by molar-refractivity contribution is 0.103. The average Bonchev–Trinajstić information content (AvgIpc) is 2.46. The molecule has 0 atom stereocenters. The molecule has 2 aromatic carbocycles. The molecule has 0 saturated heterocycles. The number of carboxylic acid groups (broad SMARTS) is 1. The molecule has 0 amide bonds. The van der Waals surface area contributed by atoms with Gasteiger partial charge in [-0.15, -0.1) is 0 Å². The largest absolute Gasteiger partial charge is 0.511 e. The molecule has 3 rings (SSSR count). The molecular weight excluding hydrogens is 308 g/mol. The SMILES string of the molecule is O=C(O)OC1=Cc2cc(C(=O)c3ccccc3Cl)c(O)cc21. The third-order valence-corrected chi connectivity index (χ3v) is 3.61. The summed E-state index contributed by atoms with van der Waals surface area (Å²) >= 11 is 5.99. The second-order valence-electron chi connectivity index (χ2n) is 4.64. The van der Waals surface area contributed by atoms with Gasteiger partial charge < -0.3 is 14.9 Å². The summed E-state index contributed by atoms with van der Waals surface area (Å²) in [4.78, 5) is 22.9. The molecule has 2 aromatic rings. The zero-order valence-electron chi connectivity index (χ0n) is 11.0. The topological polar surface area (TPSA) is 83.8 Å². The molecule has 0 aliphatic heterocycles. The van der Waals surface area contributed by atoms with Crippen molar-refractivity contribution in [3.63, 3.8) is 0 Å².